The van der Waals surface area contributed by atoms with Crippen LogP contribution in [0.3, 0.4) is 0 Å². The van der Waals surface area contributed by atoms with Crippen molar-refractivity contribution >= 4 is 17.6 Å². The van der Waals surface area contributed by atoms with Crippen molar-refractivity contribution in [1.82, 2.24) is 14.8 Å². The molecule has 134 valence electrons. The number of carbonyl (C=O) groups excluding carboxylic acids is 2. The zero-order valence-corrected chi connectivity index (χ0v) is 14.6. The average molecular weight is 350 g/mol. The molecule has 1 atom stereocenters. The summed E-state index contributed by atoms with van der Waals surface area (Å²) in [6.45, 7) is 3.69. The maximum Gasteiger partial charge on any atom is 0.238 e. The molecule has 3 heterocycles. The molecule has 1 aromatic carbocycles. The Morgan fingerprint density at radius 3 is 2.35 bits per heavy atom. The van der Waals surface area contributed by atoms with E-state index in [0.717, 1.165) is 37.6 Å². The van der Waals surface area contributed by atoms with E-state index in [1.54, 1.807) is 6.20 Å². The minimum atomic E-state index is -0.335. The molecule has 2 saturated heterocycles. The van der Waals surface area contributed by atoms with Gasteiger partial charge in [-0.2, -0.15) is 0 Å². The Hall–Kier alpha value is -2.73. The number of likely N-dealkylation sites (tertiary alicyclic amines) is 1. The minimum absolute atomic E-state index is 0.0731. The van der Waals surface area contributed by atoms with Crippen LogP contribution in [-0.2, 0) is 9.59 Å². The second-order valence-electron chi connectivity index (χ2n) is 6.76. The van der Waals surface area contributed by atoms with Crippen molar-refractivity contribution < 1.29 is 9.59 Å². The normalized spacial score (nSPS) is 21.5. The Morgan fingerprint density at radius 2 is 1.65 bits per heavy atom. The Labute approximate surface area is 153 Å². The molecule has 6 heteroatoms. The van der Waals surface area contributed by atoms with Crippen LogP contribution in [0.1, 0.15) is 17.9 Å². The van der Waals surface area contributed by atoms with Gasteiger partial charge in [0.25, 0.3) is 0 Å². The van der Waals surface area contributed by atoms with Gasteiger partial charge >= 0.3 is 0 Å². The van der Waals surface area contributed by atoms with Gasteiger partial charge in [0, 0.05) is 38.8 Å². The van der Waals surface area contributed by atoms with Gasteiger partial charge in [-0.1, -0.05) is 36.4 Å². The molecule has 2 aliphatic rings. The Bertz CT molecular complexity index is 773. The number of piperazine rings is 1. The van der Waals surface area contributed by atoms with Crippen molar-refractivity contribution in [1.29, 1.82) is 0 Å². The molecule has 0 bridgehead atoms. The predicted octanol–water partition coefficient (Wildman–Crippen LogP) is 1.70. The number of hydrogen-bond acceptors (Lipinski definition) is 5. The highest BCUT2D eigenvalue weighted by Gasteiger charge is 2.40. The summed E-state index contributed by atoms with van der Waals surface area (Å²) < 4.78 is 0. The largest absolute Gasteiger partial charge is 0.354 e. The molecule has 0 radical (unpaired) electrons. The van der Waals surface area contributed by atoms with Crippen LogP contribution in [0, 0.1) is 0 Å². The van der Waals surface area contributed by atoms with Crippen molar-refractivity contribution in [2.24, 2.45) is 0 Å². The lowest BCUT2D eigenvalue weighted by molar-refractivity contribution is -0.141. The third-order valence-corrected chi connectivity index (χ3v) is 5.13. The average Bonchev–Trinajstić information content (AvgIpc) is 2.98. The summed E-state index contributed by atoms with van der Waals surface area (Å²) >= 11 is 0. The summed E-state index contributed by atoms with van der Waals surface area (Å²) in [5, 5.41) is 0. The highest BCUT2D eigenvalue weighted by atomic mass is 16.2. The smallest absolute Gasteiger partial charge is 0.238 e. The van der Waals surface area contributed by atoms with Crippen molar-refractivity contribution in [2.75, 3.05) is 37.7 Å². The van der Waals surface area contributed by atoms with Crippen LogP contribution >= 0.6 is 0 Å². The van der Waals surface area contributed by atoms with Gasteiger partial charge < -0.3 is 4.90 Å². The van der Waals surface area contributed by atoms with E-state index in [9.17, 15) is 9.59 Å². The first-order chi connectivity index (χ1) is 12.7. The van der Waals surface area contributed by atoms with E-state index >= 15 is 0 Å². The van der Waals surface area contributed by atoms with E-state index in [0.29, 0.717) is 6.67 Å². The standard InChI is InChI=1S/C20H22N4O2/c25-19-14-17(16-6-2-1-3-7-16)20(26)24(19)15-22-10-12-23(13-11-22)18-8-4-5-9-21-18/h1-9,17H,10-15H2/t17-/m0/s1. The molecule has 4 rings (SSSR count). The quantitative estimate of drug-likeness (QED) is 0.786. The number of rotatable bonds is 4. The Balaban J connectivity index is 1.36. The third-order valence-electron chi connectivity index (χ3n) is 5.13. The molecular weight excluding hydrogens is 328 g/mol. The summed E-state index contributed by atoms with van der Waals surface area (Å²) in [6.07, 6.45) is 2.07. The first-order valence-corrected chi connectivity index (χ1v) is 9.00. The highest BCUT2D eigenvalue weighted by Crippen LogP contribution is 2.29. The number of carbonyl (C=O) groups is 2. The molecule has 6 nitrogen and oxygen atoms in total. The summed E-state index contributed by atoms with van der Waals surface area (Å²) in [4.78, 5) is 35.3. The van der Waals surface area contributed by atoms with Gasteiger partial charge in [-0.3, -0.25) is 19.4 Å². The monoisotopic (exact) mass is 350 g/mol. The third kappa shape index (κ3) is 3.32. The summed E-state index contributed by atoms with van der Waals surface area (Å²) in [6, 6.07) is 15.5. The van der Waals surface area contributed by atoms with Crippen molar-refractivity contribution in [3.05, 3.63) is 60.3 Å². The fourth-order valence-corrected chi connectivity index (χ4v) is 3.64. The van der Waals surface area contributed by atoms with Crippen LogP contribution in [0.15, 0.2) is 54.7 Å². The molecular formula is C20H22N4O2. The number of amides is 2. The summed E-state index contributed by atoms with van der Waals surface area (Å²) in [5.74, 6) is 0.493. The van der Waals surface area contributed by atoms with Gasteiger partial charge in [-0.25, -0.2) is 4.98 Å². The van der Waals surface area contributed by atoms with Crippen molar-refractivity contribution in [3.63, 3.8) is 0 Å². The van der Waals surface area contributed by atoms with Crippen LogP contribution in [0.25, 0.3) is 0 Å². The molecule has 0 N–H and O–H groups in total. The van der Waals surface area contributed by atoms with Gasteiger partial charge in [0.15, 0.2) is 0 Å². The lowest BCUT2D eigenvalue weighted by Gasteiger charge is -2.36. The Morgan fingerprint density at radius 1 is 0.923 bits per heavy atom. The highest BCUT2D eigenvalue weighted by molar-refractivity contribution is 6.06. The van der Waals surface area contributed by atoms with Gasteiger partial charge in [0.05, 0.1) is 12.6 Å². The summed E-state index contributed by atoms with van der Waals surface area (Å²) in [5.41, 5.74) is 0.924. The molecule has 2 amide bonds. The molecule has 2 aromatic rings. The maximum atomic E-state index is 12.7. The fourth-order valence-electron chi connectivity index (χ4n) is 3.64. The second kappa shape index (κ2) is 7.25. The van der Waals surface area contributed by atoms with Crippen LogP contribution in [0.5, 0.6) is 0 Å². The number of nitrogens with zero attached hydrogens (tertiary/aromatic N) is 4. The molecule has 0 unspecified atom stereocenters. The van der Waals surface area contributed by atoms with Gasteiger partial charge in [-0.15, -0.1) is 0 Å². The molecule has 0 spiro atoms. The van der Waals surface area contributed by atoms with Crippen LogP contribution in [0.2, 0.25) is 0 Å². The lowest BCUT2D eigenvalue weighted by atomic mass is 9.98. The van der Waals surface area contributed by atoms with Gasteiger partial charge in [0.2, 0.25) is 11.8 Å². The van der Waals surface area contributed by atoms with E-state index < -0.39 is 0 Å². The van der Waals surface area contributed by atoms with Crippen LogP contribution in [0.4, 0.5) is 5.82 Å². The van der Waals surface area contributed by atoms with Crippen molar-refractivity contribution in [3.8, 4) is 0 Å². The van der Waals surface area contributed by atoms with E-state index in [1.165, 1.54) is 4.90 Å². The predicted molar refractivity (Wildman–Crippen MR) is 98.5 cm³/mol. The molecule has 2 fully saturated rings. The van der Waals surface area contributed by atoms with Gasteiger partial charge in [0.1, 0.15) is 5.82 Å². The maximum absolute atomic E-state index is 12.7. The SMILES string of the molecule is O=C1C[C@@H](c2ccccc2)C(=O)N1CN1CCN(c2ccccn2)CC1. The van der Waals surface area contributed by atoms with Crippen LogP contribution in [-0.4, -0.2) is 59.4 Å². The number of hydrogen-bond donors (Lipinski definition) is 0. The van der Waals surface area contributed by atoms with E-state index in [2.05, 4.69) is 14.8 Å². The van der Waals surface area contributed by atoms with Crippen LogP contribution < -0.4 is 4.90 Å². The number of benzene rings is 1. The number of aromatic nitrogens is 1. The fraction of sp³-hybridized carbons (Fsp3) is 0.350. The van der Waals surface area contributed by atoms with E-state index in [-0.39, 0.29) is 24.2 Å². The van der Waals surface area contributed by atoms with E-state index in [1.807, 2.05) is 48.5 Å². The molecule has 1 aromatic heterocycles. The summed E-state index contributed by atoms with van der Waals surface area (Å²) in [7, 11) is 0. The lowest BCUT2D eigenvalue weighted by Crippen LogP contribution is -2.51. The molecule has 0 aliphatic carbocycles. The molecule has 26 heavy (non-hydrogen) atoms. The zero-order chi connectivity index (χ0) is 17.9. The first-order valence-electron chi connectivity index (χ1n) is 9.00. The van der Waals surface area contributed by atoms with Gasteiger partial charge in [-0.05, 0) is 17.7 Å². The second-order valence-corrected chi connectivity index (χ2v) is 6.76. The van der Waals surface area contributed by atoms with E-state index in [4.69, 9.17) is 0 Å². The number of imide groups is 1. The minimum Gasteiger partial charge on any atom is -0.354 e. The molecule has 2 aliphatic heterocycles. The number of anilines is 1. The zero-order valence-electron chi connectivity index (χ0n) is 14.6. The Kier molecular flexibility index (Phi) is 4.67. The topological polar surface area (TPSA) is 56.8 Å². The molecule has 0 saturated carbocycles. The van der Waals surface area contributed by atoms with Crippen molar-refractivity contribution in [2.45, 2.75) is 12.3 Å². The first kappa shape index (κ1) is 16.7. The number of pyridine rings is 1.